The maximum absolute atomic E-state index is 11.9. The Bertz CT molecular complexity index is 580. The van der Waals surface area contributed by atoms with Crippen LogP contribution in [0.25, 0.3) is 0 Å². The third-order valence-electron chi connectivity index (χ3n) is 2.90. The van der Waals surface area contributed by atoms with Crippen LogP contribution in [-0.2, 0) is 6.42 Å². The molecule has 3 heteroatoms. The monoisotopic (exact) mass is 256 g/mol. The molecule has 2 aromatic rings. The van der Waals surface area contributed by atoms with Crippen LogP contribution in [0.15, 0.2) is 47.1 Å². The van der Waals surface area contributed by atoms with E-state index in [0.29, 0.717) is 11.3 Å². The Kier molecular flexibility index (Phi) is 3.95. The summed E-state index contributed by atoms with van der Waals surface area (Å²) in [5, 5.41) is 0. The van der Waals surface area contributed by atoms with Gasteiger partial charge >= 0.3 is 0 Å². The highest BCUT2D eigenvalue weighted by molar-refractivity contribution is 5.98. The maximum atomic E-state index is 11.9. The summed E-state index contributed by atoms with van der Waals surface area (Å²) in [6.07, 6.45) is 1.72. The van der Waals surface area contributed by atoms with Crippen molar-refractivity contribution in [3.05, 3.63) is 59.5 Å². The normalized spacial score (nSPS) is 10.7. The topological polar surface area (TPSA) is 47.3 Å². The summed E-state index contributed by atoms with van der Waals surface area (Å²) < 4.78 is 5.07. The third-order valence-corrected chi connectivity index (χ3v) is 2.90. The molecule has 3 nitrogen and oxygen atoms in total. The Balaban J connectivity index is 2.16. The van der Waals surface area contributed by atoms with Gasteiger partial charge in [0.25, 0.3) is 0 Å². The lowest BCUT2D eigenvalue weighted by Crippen LogP contribution is -2.09. The lowest BCUT2D eigenvalue weighted by atomic mass is 9.97. The second kappa shape index (κ2) is 5.65. The molecule has 19 heavy (non-hydrogen) atoms. The van der Waals surface area contributed by atoms with E-state index in [9.17, 15) is 9.59 Å². The van der Waals surface area contributed by atoms with Crippen LogP contribution >= 0.6 is 0 Å². The second-order valence-corrected chi connectivity index (χ2v) is 4.80. The number of carbonyl (C=O) groups is 2. The number of rotatable bonds is 5. The van der Waals surface area contributed by atoms with E-state index in [2.05, 4.69) is 0 Å². The summed E-state index contributed by atoms with van der Waals surface area (Å²) in [4.78, 5) is 23.8. The molecule has 0 fully saturated rings. The van der Waals surface area contributed by atoms with Crippen LogP contribution < -0.4 is 0 Å². The zero-order chi connectivity index (χ0) is 13.8. The summed E-state index contributed by atoms with van der Waals surface area (Å²) in [6, 6.07) is 10.5. The zero-order valence-corrected chi connectivity index (χ0v) is 11.1. The van der Waals surface area contributed by atoms with Crippen LogP contribution in [0.2, 0.25) is 0 Å². The van der Waals surface area contributed by atoms with E-state index in [4.69, 9.17) is 4.42 Å². The number of hydrogen-bond acceptors (Lipinski definition) is 3. The van der Waals surface area contributed by atoms with Gasteiger partial charge in [-0.3, -0.25) is 9.59 Å². The van der Waals surface area contributed by atoms with Crippen molar-refractivity contribution in [1.82, 2.24) is 0 Å². The molecule has 0 N–H and O–H groups in total. The Labute approximate surface area is 112 Å². The number of ketones is 2. The molecule has 0 bridgehead atoms. The molecule has 0 saturated heterocycles. The molecule has 0 spiro atoms. The molecule has 1 aromatic heterocycles. The van der Waals surface area contributed by atoms with Gasteiger partial charge in [0.15, 0.2) is 11.5 Å². The van der Waals surface area contributed by atoms with Crippen LogP contribution in [0.1, 0.15) is 40.3 Å². The molecule has 0 aliphatic carbocycles. The molecule has 2 rings (SSSR count). The number of carbonyl (C=O) groups excluding carboxylic acids is 2. The van der Waals surface area contributed by atoms with Crippen molar-refractivity contribution >= 4 is 11.6 Å². The standard InChI is InChI=1S/C16H16O3/c1-11(2)16(18)13-6-3-5-12(9-13)10-14(17)15-7-4-8-19-15/h3-9,11H,10H2,1-2H3. The van der Waals surface area contributed by atoms with E-state index in [-0.39, 0.29) is 23.9 Å². The summed E-state index contributed by atoms with van der Waals surface area (Å²) in [5.74, 6) is 0.308. The molecule has 0 amide bonds. The van der Waals surface area contributed by atoms with Crippen LogP contribution in [0.3, 0.4) is 0 Å². The fourth-order valence-corrected chi connectivity index (χ4v) is 1.88. The molecule has 0 unspecified atom stereocenters. The molecule has 98 valence electrons. The summed E-state index contributed by atoms with van der Waals surface area (Å²) in [6.45, 7) is 3.73. The highest BCUT2D eigenvalue weighted by Crippen LogP contribution is 2.13. The zero-order valence-electron chi connectivity index (χ0n) is 11.1. The van der Waals surface area contributed by atoms with Gasteiger partial charge in [0.1, 0.15) is 0 Å². The minimum Gasteiger partial charge on any atom is -0.461 e. The van der Waals surface area contributed by atoms with Gasteiger partial charge in [-0.1, -0.05) is 32.0 Å². The lowest BCUT2D eigenvalue weighted by Gasteiger charge is -2.06. The van der Waals surface area contributed by atoms with Crippen molar-refractivity contribution in [1.29, 1.82) is 0 Å². The number of hydrogen-bond donors (Lipinski definition) is 0. The van der Waals surface area contributed by atoms with Gasteiger partial charge in [-0.15, -0.1) is 0 Å². The summed E-state index contributed by atoms with van der Waals surface area (Å²) in [5.41, 5.74) is 1.48. The molecular weight excluding hydrogens is 240 g/mol. The van der Waals surface area contributed by atoms with Gasteiger partial charge in [0, 0.05) is 17.9 Å². The molecule has 1 aromatic carbocycles. The second-order valence-electron chi connectivity index (χ2n) is 4.80. The van der Waals surface area contributed by atoms with E-state index >= 15 is 0 Å². The lowest BCUT2D eigenvalue weighted by molar-refractivity contribution is 0.0935. The quantitative estimate of drug-likeness (QED) is 0.769. The van der Waals surface area contributed by atoms with Gasteiger partial charge in [0.05, 0.1) is 6.26 Å². The van der Waals surface area contributed by atoms with Crippen molar-refractivity contribution in [3.8, 4) is 0 Å². The van der Waals surface area contributed by atoms with Crippen molar-refractivity contribution < 1.29 is 14.0 Å². The Morgan fingerprint density at radius 3 is 2.58 bits per heavy atom. The molecule has 0 aliphatic rings. The minimum atomic E-state index is -0.0841. The first-order chi connectivity index (χ1) is 9.08. The number of furan rings is 1. The van der Waals surface area contributed by atoms with E-state index in [1.54, 1.807) is 30.3 Å². The Morgan fingerprint density at radius 2 is 1.95 bits per heavy atom. The van der Waals surface area contributed by atoms with Crippen LogP contribution in [0, 0.1) is 5.92 Å². The van der Waals surface area contributed by atoms with Gasteiger partial charge in [-0.05, 0) is 23.8 Å². The first kappa shape index (κ1) is 13.3. The highest BCUT2D eigenvalue weighted by atomic mass is 16.3. The van der Waals surface area contributed by atoms with Crippen LogP contribution in [-0.4, -0.2) is 11.6 Å². The molecule has 0 radical (unpaired) electrons. The van der Waals surface area contributed by atoms with E-state index in [0.717, 1.165) is 5.56 Å². The first-order valence-corrected chi connectivity index (χ1v) is 6.28. The predicted octanol–water partition coefficient (Wildman–Crippen LogP) is 3.54. The fraction of sp³-hybridized carbons (Fsp3) is 0.250. The average Bonchev–Trinajstić information content (AvgIpc) is 2.92. The molecular formula is C16H16O3. The van der Waals surface area contributed by atoms with Gasteiger partial charge in [-0.25, -0.2) is 0 Å². The number of Topliss-reactive ketones (excluding diaryl/α,β-unsaturated/α-hetero) is 2. The first-order valence-electron chi connectivity index (χ1n) is 6.28. The molecule has 1 heterocycles. The largest absolute Gasteiger partial charge is 0.461 e. The van der Waals surface area contributed by atoms with Gasteiger partial charge in [0.2, 0.25) is 5.78 Å². The van der Waals surface area contributed by atoms with Crippen LogP contribution in [0.4, 0.5) is 0 Å². The van der Waals surface area contributed by atoms with Gasteiger partial charge in [-0.2, -0.15) is 0 Å². The Hall–Kier alpha value is -2.16. The molecule has 0 saturated carbocycles. The number of benzene rings is 1. The Morgan fingerprint density at radius 1 is 1.16 bits per heavy atom. The minimum absolute atomic E-state index is 0.0453. The summed E-state index contributed by atoms with van der Waals surface area (Å²) >= 11 is 0. The van der Waals surface area contributed by atoms with Crippen molar-refractivity contribution in [2.45, 2.75) is 20.3 Å². The molecule has 0 atom stereocenters. The highest BCUT2D eigenvalue weighted by Gasteiger charge is 2.13. The average molecular weight is 256 g/mol. The van der Waals surface area contributed by atoms with Crippen molar-refractivity contribution in [2.24, 2.45) is 5.92 Å². The van der Waals surface area contributed by atoms with Crippen LogP contribution in [0.5, 0.6) is 0 Å². The smallest absolute Gasteiger partial charge is 0.202 e. The van der Waals surface area contributed by atoms with E-state index < -0.39 is 0 Å². The van der Waals surface area contributed by atoms with E-state index in [1.807, 2.05) is 19.9 Å². The summed E-state index contributed by atoms with van der Waals surface area (Å²) in [7, 11) is 0. The third kappa shape index (κ3) is 3.19. The predicted molar refractivity (Wildman–Crippen MR) is 72.4 cm³/mol. The molecule has 0 aliphatic heterocycles. The SMILES string of the molecule is CC(C)C(=O)c1cccc(CC(=O)c2ccco2)c1. The van der Waals surface area contributed by atoms with Crippen molar-refractivity contribution in [3.63, 3.8) is 0 Å². The van der Waals surface area contributed by atoms with Gasteiger partial charge < -0.3 is 4.42 Å². The fourth-order valence-electron chi connectivity index (χ4n) is 1.88. The maximum Gasteiger partial charge on any atom is 0.202 e. The van der Waals surface area contributed by atoms with E-state index in [1.165, 1.54) is 6.26 Å². The van der Waals surface area contributed by atoms with Crippen molar-refractivity contribution in [2.75, 3.05) is 0 Å².